The molecule has 1 N–H and O–H groups in total. The summed E-state index contributed by atoms with van der Waals surface area (Å²) >= 11 is 0. The maximum absolute atomic E-state index is 11.4. The first-order valence-corrected chi connectivity index (χ1v) is 6.05. The third-order valence-electron chi connectivity index (χ3n) is 2.57. The predicted octanol–water partition coefficient (Wildman–Crippen LogP) is 2.52. The zero-order chi connectivity index (χ0) is 12.4. The van der Waals surface area contributed by atoms with E-state index < -0.39 is 0 Å². The van der Waals surface area contributed by atoms with E-state index in [1.165, 1.54) is 20.0 Å². The van der Waals surface area contributed by atoms with Crippen LogP contribution in [-0.2, 0) is 9.53 Å². The highest BCUT2D eigenvalue weighted by Gasteiger charge is 2.21. The van der Waals surface area contributed by atoms with Gasteiger partial charge in [0, 0.05) is 0 Å². The maximum atomic E-state index is 11.4. The van der Waals surface area contributed by atoms with Crippen molar-refractivity contribution in [1.29, 1.82) is 0 Å². The molecule has 0 aromatic carbocycles. The van der Waals surface area contributed by atoms with Crippen LogP contribution in [0.4, 0.5) is 0 Å². The van der Waals surface area contributed by atoms with Gasteiger partial charge in [-0.1, -0.05) is 26.3 Å². The van der Waals surface area contributed by atoms with E-state index in [1.807, 2.05) is 19.9 Å². The summed E-state index contributed by atoms with van der Waals surface area (Å²) < 4.78 is 4.75. The monoisotopic (exact) mass is 227 g/mol. The van der Waals surface area contributed by atoms with E-state index in [0.717, 1.165) is 19.4 Å². The van der Waals surface area contributed by atoms with Crippen LogP contribution in [0.15, 0.2) is 12.7 Å². The summed E-state index contributed by atoms with van der Waals surface area (Å²) in [5, 5.41) is 3.25. The fourth-order valence-corrected chi connectivity index (χ4v) is 1.57. The molecule has 1 unspecified atom stereocenters. The van der Waals surface area contributed by atoms with Gasteiger partial charge in [0.1, 0.15) is 6.04 Å². The molecular weight excluding hydrogens is 202 g/mol. The molecule has 1 atom stereocenters. The number of ether oxygens (including phenoxy) is 1. The fourth-order valence-electron chi connectivity index (χ4n) is 1.57. The number of hydrogen-bond acceptors (Lipinski definition) is 3. The largest absolute Gasteiger partial charge is 0.468 e. The number of carbonyl (C=O) groups excluding carboxylic acids is 1. The summed E-state index contributed by atoms with van der Waals surface area (Å²) in [4.78, 5) is 11.4. The Kier molecular flexibility index (Phi) is 8.91. The van der Waals surface area contributed by atoms with E-state index in [9.17, 15) is 4.79 Å². The Morgan fingerprint density at radius 2 is 2.06 bits per heavy atom. The van der Waals surface area contributed by atoms with Crippen LogP contribution in [0.5, 0.6) is 0 Å². The molecule has 3 heteroatoms. The maximum Gasteiger partial charge on any atom is 0.323 e. The normalized spacial score (nSPS) is 12.5. The van der Waals surface area contributed by atoms with E-state index in [2.05, 4.69) is 11.9 Å². The first kappa shape index (κ1) is 15.2. The predicted molar refractivity (Wildman–Crippen MR) is 67.3 cm³/mol. The first-order valence-electron chi connectivity index (χ1n) is 6.05. The van der Waals surface area contributed by atoms with Gasteiger partial charge in [-0.15, -0.1) is 6.58 Å². The minimum absolute atomic E-state index is 0.166. The van der Waals surface area contributed by atoms with Crippen molar-refractivity contribution in [3.8, 4) is 0 Å². The first-order chi connectivity index (χ1) is 7.63. The molecule has 0 heterocycles. The van der Waals surface area contributed by atoms with Crippen molar-refractivity contribution in [2.75, 3.05) is 13.7 Å². The minimum atomic E-state index is -0.176. The molecule has 0 amide bonds. The average molecular weight is 227 g/mol. The highest BCUT2D eigenvalue weighted by Crippen LogP contribution is 2.05. The molecule has 0 aromatic rings. The van der Waals surface area contributed by atoms with Crippen LogP contribution in [0.1, 0.15) is 39.5 Å². The number of esters is 1. The second-order valence-corrected chi connectivity index (χ2v) is 4.34. The van der Waals surface area contributed by atoms with Crippen LogP contribution in [0.3, 0.4) is 0 Å². The Morgan fingerprint density at radius 3 is 2.56 bits per heavy atom. The van der Waals surface area contributed by atoms with Crippen molar-refractivity contribution < 1.29 is 9.53 Å². The second-order valence-electron chi connectivity index (χ2n) is 4.34. The molecular formula is C13H25NO2. The molecule has 0 bridgehead atoms. The van der Waals surface area contributed by atoms with Gasteiger partial charge in [0.05, 0.1) is 7.11 Å². The molecule has 0 aliphatic carbocycles. The van der Waals surface area contributed by atoms with E-state index in [0.29, 0.717) is 0 Å². The highest BCUT2D eigenvalue weighted by molar-refractivity contribution is 5.75. The molecule has 0 rings (SSSR count). The molecule has 0 radical (unpaired) electrons. The summed E-state index contributed by atoms with van der Waals surface area (Å²) in [6, 6.07) is -0.176. The van der Waals surface area contributed by atoms with Gasteiger partial charge < -0.3 is 10.1 Å². The zero-order valence-electron chi connectivity index (χ0n) is 10.8. The number of allylic oxidation sites excluding steroid dienone is 1. The number of nitrogens with one attached hydrogen (secondary N) is 1. The van der Waals surface area contributed by atoms with Crippen molar-refractivity contribution in [2.45, 2.75) is 45.6 Å². The Labute approximate surface area is 99.3 Å². The van der Waals surface area contributed by atoms with Crippen LogP contribution in [-0.4, -0.2) is 25.7 Å². The van der Waals surface area contributed by atoms with Crippen LogP contribution >= 0.6 is 0 Å². The topological polar surface area (TPSA) is 38.3 Å². The van der Waals surface area contributed by atoms with Crippen LogP contribution in [0, 0.1) is 5.92 Å². The van der Waals surface area contributed by atoms with Gasteiger partial charge in [-0.3, -0.25) is 4.79 Å². The third-order valence-corrected chi connectivity index (χ3v) is 2.57. The summed E-state index contributed by atoms with van der Waals surface area (Å²) in [7, 11) is 1.43. The zero-order valence-corrected chi connectivity index (χ0v) is 10.8. The Hall–Kier alpha value is -0.830. The molecule has 0 saturated heterocycles. The van der Waals surface area contributed by atoms with Crippen molar-refractivity contribution in [3.05, 3.63) is 12.7 Å². The number of hydrogen-bond donors (Lipinski definition) is 1. The number of methoxy groups -OCH3 is 1. The number of rotatable bonds is 9. The smallest absolute Gasteiger partial charge is 0.323 e. The van der Waals surface area contributed by atoms with Gasteiger partial charge in [-0.05, 0) is 31.7 Å². The molecule has 0 saturated carbocycles. The van der Waals surface area contributed by atoms with E-state index in [-0.39, 0.29) is 17.9 Å². The highest BCUT2D eigenvalue weighted by atomic mass is 16.5. The van der Waals surface area contributed by atoms with E-state index in [1.54, 1.807) is 0 Å². The van der Waals surface area contributed by atoms with Crippen LogP contribution < -0.4 is 5.32 Å². The molecule has 0 aliphatic heterocycles. The SMILES string of the molecule is C=CCCCCCNC(C(=O)OC)C(C)C. The molecule has 0 spiro atoms. The Bertz CT molecular complexity index is 202. The Morgan fingerprint density at radius 1 is 1.38 bits per heavy atom. The van der Waals surface area contributed by atoms with Crippen LogP contribution in [0.2, 0.25) is 0 Å². The van der Waals surface area contributed by atoms with Crippen molar-refractivity contribution in [3.63, 3.8) is 0 Å². The van der Waals surface area contributed by atoms with E-state index in [4.69, 9.17) is 4.74 Å². The van der Waals surface area contributed by atoms with E-state index >= 15 is 0 Å². The van der Waals surface area contributed by atoms with Crippen LogP contribution in [0.25, 0.3) is 0 Å². The Balaban J connectivity index is 3.69. The molecule has 0 aromatic heterocycles. The molecule has 0 aliphatic rings. The molecule has 3 nitrogen and oxygen atoms in total. The van der Waals surface area contributed by atoms with Gasteiger partial charge in [0.2, 0.25) is 0 Å². The van der Waals surface area contributed by atoms with Crippen molar-refractivity contribution in [2.24, 2.45) is 5.92 Å². The summed E-state index contributed by atoms with van der Waals surface area (Å²) in [5.74, 6) is 0.0988. The lowest BCUT2D eigenvalue weighted by atomic mass is 10.0. The van der Waals surface area contributed by atoms with Crippen molar-refractivity contribution in [1.82, 2.24) is 5.32 Å². The lowest BCUT2D eigenvalue weighted by molar-refractivity contribution is -0.144. The standard InChI is InChI=1S/C13H25NO2/c1-5-6-7-8-9-10-14-12(11(2)3)13(15)16-4/h5,11-12,14H,1,6-10H2,2-4H3. The molecule has 16 heavy (non-hydrogen) atoms. The lowest BCUT2D eigenvalue weighted by Crippen LogP contribution is -2.42. The fraction of sp³-hybridized carbons (Fsp3) is 0.769. The van der Waals surface area contributed by atoms with Gasteiger partial charge in [0.25, 0.3) is 0 Å². The number of unbranched alkanes of at least 4 members (excludes halogenated alkanes) is 3. The quantitative estimate of drug-likeness (QED) is 0.374. The van der Waals surface area contributed by atoms with Gasteiger partial charge >= 0.3 is 5.97 Å². The van der Waals surface area contributed by atoms with Gasteiger partial charge in [-0.25, -0.2) is 0 Å². The minimum Gasteiger partial charge on any atom is -0.468 e. The lowest BCUT2D eigenvalue weighted by Gasteiger charge is -2.19. The molecule has 0 fully saturated rings. The average Bonchev–Trinajstić information content (AvgIpc) is 2.26. The summed E-state index contributed by atoms with van der Waals surface area (Å²) in [6.45, 7) is 8.60. The second kappa shape index (κ2) is 9.40. The van der Waals surface area contributed by atoms with Crippen molar-refractivity contribution >= 4 is 5.97 Å². The van der Waals surface area contributed by atoms with Gasteiger partial charge in [-0.2, -0.15) is 0 Å². The summed E-state index contributed by atoms with van der Waals surface area (Å²) in [5.41, 5.74) is 0. The molecule has 94 valence electrons. The summed E-state index contributed by atoms with van der Waals surface area (Å²) in [6.07, 6.45) is 6.46. The number of carbonyl (C=O) groups is 1. The van der Waals surface area contributed by atoms with Gasteiger partial charge in [0.15, 0.2) is 0 Å². The third kappa shape index (κ3) is 6.62.